The van der Waals surface area contributed by atoms with Crippen molar-refractivity contribution in [1.29, 1.82) is 0 Å². The summed E-state index contributed by atoms with van der Waals surface area (Å²) in [5.41, 5.74) is 2.17. The molecule has 0 saturated heterocycles. The van der Waals surface area contributed by atoms with E-state index in [1.165, 1.54) is 0 Å². The Morgan fingerprint density at radius 3 is 2.67 bits per heavy atom. The van der Waals surface area contributed by atoms with Crippen molar-refractivity contribution in [3.63, 3.8) is 0 Å². The molecule has 0 aliphatic rings. The zero-order chi connectivity index (χ0) is 15.5. The van der Waals surface area contributed by atoms with E-state index in [-0.39, 0.29) is 5.41 Å². The maximum atomic E-state index is 5.96. The van der Waals surface area contributed by atoms with Gasteiger partial charge in [0.25, 0.3) is 0 Å². The smallest absolute Gasteiger partial charge is 0.154 e. The number of fused-ring (bicyclic) bond motifs is 1. The molecular weight excluding hydrogens is 284 g/mol. The van der Waals surface area contributed by atoms with Gasteiger partial charge >= 0.3 is 0 Å². The third kappa shape index (κ3) is 3.67. The van der Waals surface area contributed by atoms with Crippen LogP contribution in [0.1, 0.15) is 46.2 Å². The molecule has 0 atom stereocenters. The summed E-state index contributed by atoms with van der Waals surface area (Å²) in [6, 6.07) is 2.15. The first kappa shape index (κ1) is 16.1. The fourth-order valence-electron chi connectivity index (χ4n) is 2.29. The van der Waals surface area contributed by atoms with Gasteiger partial charge in [0.05, 0.1) is 5.69 Å². The fraction of sp³-hybridized carbons (Fsp3) is 0.625. The van der Waals surface area contributed by atoms with Gasteiger partial charge in [0.15, 0.2) is 5.82 Å². The molecule has 0 bridgehead atoms. The van der Waals surface area contributed by atoms with Gasteiger partial charge in [-0.3, -0.25) is 0 Å². The quantitative estimate of drug-likeness (QED) is 0.760. The lowest BCUT2D eigenvalue weighted by molar-refractivity contribution is 0.562. The van der Waals surface area contributed by atoms with E-state index in [0.29, 0.717) is 5.88 Å². The molecule has 0 unspecified atom stereocenters. The summed E-state index contributed by atoms with van der Waals surface area (Å²) in [6.07, 6.45) is 6.02. The van der Waals surface area contributed by atoms with Crippen LogP contribution in [-0.2, 0) is 5.41 Å². The maximum Gasteiger partial charge on any atom is 0.154 e. The third-order valence-corrected chi connectivity index (χ3v) is 3.74. The van der Waals surface area contributed by atoms with Gasteiger partial charge in [0.2, 0.25) is 0 Å². The highest BCUT2D eigenvalue weighted by Crippen LogP contribution is 2.26. The number of nitrogens with zero attached hydrogens (tertiary/aromatic N) is 4. The predicted molar refractivity (Wildman–Crippen MR) is 89.5 cm³/mol. The van der Waals surface area contributed by atoms with Crippen molar-refractivity contribution >= 4 is 22.9 Å². The molecule has 0 amide bonds. The van der Waals surface area contributed by atoms with Crippen LogP contribution in [0.25, 0.3) is 5.52 Å². The number of alkyl halides is 1. The van der Waals surface area contributed by atoms with Crippen molar-refractivity contribution in [3.8, 4) is 0 Å². The molecule has 0 aliphatic carbocycles. The van der Waals surface area contributed by atoms with Crippen LogP contribution in [0.15, 0.2) is 18.5 Å². The molecule has 0 aliphatic heterocycles. The molecule has 0 fully saturated rings. The van der Waals surface area contributed by atoms with Crippen LogP contribution in [0.5, 0.6) is 0 Å². The van der Waals surface area contributed by atoms with E-state index >= 15 is 0 Å². The molecule has 0 radical (unpaired) electrons. The van der Waals surface area contributed by atoms with Crippen molar-refractivity contribution in [1.82, 2.24) is 14.6 Å². The molecule has 0 spiro atoms. The third-order valence-electron chi connectivity index (χ3n) is 3.57. The van der Waals surface area contributed by atoms with Crippen molar-refractivity contribution in [2.24, 2.45) is 0 Å². The molecule has 4 nitrogen and oxygen atoms in total. The summed E-state index contributed by atoms with van der Waals surface area (Å²) in [6.45, 7) is 10.5. The van der Waals surface area contributed by atoms with Gasteiger partial charge in [-0.2, -0.15) is 5.10 Å². The Kier molecular flexibility index (Phi) is 5.09. The number of unbranched alkanes of at least 4 members (excludes halogenated alkanes) is 1. The van der Waals surface area contributed by atoms with E-state index in [2.05, 4.69) is 48.7 Å². The number of hydrogen-bond donors (Lipinski definition) is 0. The minimum absolute atomic E-state index is 0.0318. The SMILES string of the molecule is CCCCN(CCCl)c1nccn2nc(C(C)(C)C)cc12. The highest BCUT2D eigenvalue weighted by Gasteiger charge is 2.20. The van der Waals surface area contributed by atoms with E-state index in [1.807, 2.05) is 16.9 Å². The zero-order valence-electron chi connectivity index (χ0n) is 13.4. The summed E-state index contributed by atoms with van der Waals surface area (Å²) in [4.78, 5) is 6.84. The first-order valence-electron chi connectivity index (χ1n) is 7.63. The minimum Gasteiger partial charge on any atom is -0.354 e. The van der Waals surface area contributed by atoms with E-state index in [9.17, 15) is 0 Å². The topological polar surface area (TPSA) is 33.4 Å². The van der Waals surface area contributed by atoms with Crippen molar-refractivity contribution < 1.29 is 0 Å². The number of aromatic nitrogens is 3. The monoisotopic (exact) mass is 308 g/mol. The summed E-state index contributed by atoms with van der Waals surface area (Å²) in [5.74, 6) is 1.58. The first-order valence-corrected chi connectivity index (χ1v) is 8.16. The Morgan fingerprint density at radius 2 is 2.05 bits per heavy atom. The summed E-state index contributed by atoms with van der Waals surface area (Å²) < 4.78 is 1.93. The lowest BCUT2D eigenvalue weighted by atomic mass is 9.92. The van der Waals surface area contributed by atoms with Crippen LogP contribution in [0.2, 0.25) is 0 Å². The molecular formula is C16H25ClN4. The Morgan fingerprint density at radius 1 is 1.29 bits per heavy atom. The van der Waals surface area contributed by atoms with Crippen LogP contribution < -0.4 is 4.90 Å². The summed E-state index contributed by atoms with van der Waals surface area (Å²) >= 11 is 5.96. The Balaban J connectivity index is 2.44. The second-order valence-corrected chi connectivity index (χ2v) is 6.77. The average Bonchev–Trinajstić information content (AvgIpc) is 2.87. The lowest BCUT2D eigenvalue weighted by Gasteiger charge is -2.23. The van der Waals surface area contributed by atoms with E-state index < -0.39 is 0 Å². The molecule has 116 valence electrons. The average molecular weight is 309 g/mol. The number of hydrogen-bond acceptors (Lipinski definition) is 3. The minimum atomic E-state index is 0.0318. The van der Waals surface area contributed by atoms with E-state index in [0.717, 1.165) is 43.0 Å². The van der Waals surface area contributed by atoms with Gasteiger partial charge in [-0.1, -0.05) is 34.1 Å². The lowest BCUT2D eigenvalue weighted by Crippen LogP contribution is -2.28. The van der Waals surface area contributed by atoms with Gasteiger partial charge in [0.1, 0.15) is 5.52 Å². The normalized spacial score (nSPS) is 12.0. The van der Waals surface area contributed by atoms with Crippen LogP contribution in [0.3, 0.4) is 0 Å². The Hall–Kier alpha value is -1.29. The van der Waals surface area contributed by atoms with Gasteiger partial charge in [0, 0.05) is 36.8 Å². The first-order chi connectivity index (χ1) is 9.97. The Labute approximate surface area is 132 Å². The molecule has 2 heterocycles. The van der Waals surface area contributed by atoms with Crippen molar-refractivity contribution in [2.45, 2.75) is 46.0 Å². The van der Waals surface area contributed by atoms with E-state index in [4.69, 9.17) is 11.6 Å². The molecule has 0 aromatic carbocycles. The predicted octanol–water partition coefficient (Wildman–Crippen LogP) is 3.87. The van der Waals surface area contributed by atoms with Gasteiger partial charge < -0.3 is 4.90 Å². The maximum absolute atomic E-state index is 5.96. The van der Waals surface area contributed by atoms with Crippen molar-refractivity contribution in [3.05, 3.63) is 24.2 Å². The molecule has 21 heavy (non-hydrogen) atoms. The number of anilines is 1. The fourth-order valence-corrected chi connectivity index (χ4v) is 2.50. The standard InChI is InChI=1S/C16H25ClN4/c1-5-6-9-20(10-7-17)15-13-12-14(16(2,3)4)19-21(13)11-8-18-15/h8,11-12H,5-7,9-10H2,1-4H3. The highest BCUT2D eigenvalue weighted by molar-refractivity contribution is 6.18. The molecule has 5 heteroatoms. The highest BCUT2D eigenvalue weighted by atomic mass is 35.5. The summed E-state index contributed by atoms with van der Waals surface area (Å²) in [7, 11) is 0. The van der Waals surface area contributed by atoms with Crippen LogP contribution in [0.4, 0.5) is 5.82 Å². The molecule has 2 rings (SSSR count). The number of halogens is 1. The molecule has 0 saturated carbocycles. The zero-order valence-corrected chi connectivity index (χ0v) is 14.2. The summed E-state index contributed by atoms with van der Waals surface area (Å²) in [5, 5.41) is 4.68. The van der Waals surface area contributed by atoms with E-state index in [1.54, 1.807) is 0 Å². The second kappa shape index (κ2) is 6.65. The molecule has 2 aromatic rings. The van der Waals surface area contributed by atoms with Crippen LogP contribution >= 0.6 is 11.6 Å². The largest absolute Gasteiger partial charge is 0.354 e. The van der Waals surface area contributed by atoms with Gasteiger partial charge in [-0.25, -0.2) is 9.50 Å². The van der Waals surface area contributed by atoms with Gasteiger partial charge in [-0.05, 0) is 12.5 Å². The van der Waals surface area contributed by atoms with Crippen LogP contribution in [0, 0.1) is 0 Å². The number of rotatable bonds is 6. The van der Waals surface area contributed by atoms with Gasteiger partial charge in [-0.15, -0.1) is 11.6 Å². The molecule has 0 N–H and O–H groups in total. The Bertz CT molecular complexity index is 585. The molecule has 2 aromatic heterocycles. The second-order valence-electron chi connectivity index (χ2n) is 6.39. The van der Waals surface area contributed by atoms with Crippen LogP contribution in [-0.4, -0.2) is 33.6 Å². The van der Waals surface area contributed by atoms with Crippen molar-refractivity contribution in [2.75, 3.05) is 23.9 Å².